The van der Waals surface area contributed by atoms with Crippen LogP contribution < -0.4 is 14.2 Å². The van der Waals surface area contributed by atoms with Gasteiger partial charge in [-0.15, -0.1) is 0 Å². The molecule has 156 valence electrons. The number of carbonyl (C=O) groups excluding carboxylic acids is 1. The van der Waals surface area contributed by atoms with Crippen LogP contribution in [0.5, 0.6) is 17.2 Å². The molecule has 0 aliphatic carbocycles. The normalized spacial score (nSPS) is 11.5. The number of aromatic nitrogens is 1. The van der Waals surface area contributed by atoms with E-state index in [0.29, 0.717) is 29.4 Å². The van der Waals surface area contributed by atoms with Gasteiger partial charge in [0.1, 0.15) is 6.61 Å². The lowest BCUT2D eigenvalue weighted by Gasteiger charge is -2.26. The molecule has 1 aromatic heterocycles. The minimum atomic E-state index is -0.155. The minimum absolute atomic E-state index is 0.141. The summed E-state index contributed by atoms with van der Waals surface area (Å²) in [5, 5.41) is 0. The average molecular weight is 406 g/mol. The van der Waals surface area contributed by atoms with Crippen molar-refractivity contribution in [3.05, 3.63) is 83.7 Å². The lowest BCUT2D eigenvalue weighted by Crippen LogP contribution is -2.29. The lowest BCUT2D eigenvalue weighted by atomic mass is 10.1. The Balaban J connectivity index is 1.85. The number of pyridine rings is 1. The highest BCUT2D eigenvalue weighted by Gasteiger charge is 2.23. The molecular weight excluding hydrogens is 380 g/mol. The Labute approximate surface area is 177 Å². The summed E-state index contributed by atoms with van der Waals surface area (Å²) in [5.41, 5.74) is 2.43. The predicted molar refractivity (Wildman–Crippen MR) is 115 cm³/mol. The van der Waals surface area contributed by atoms with Crippen molar-refractivity contribution in [2.45, 2.75) is 19.6 Å². The number of hydrogen-bond donors (Lipinski definition) is 0. The molecule has 0 fully saturated rings. The zero-order chi connectivity index (χ0) is 21.5. The van der Waals surface area contributed by atoms with E-state index in [2.05, 4.69) is 4.98 Å². The van der Waals surface area contributed by atoms with Crippen LogP contribution in [0.15, 0.2) is 67.0 Å². The summed E-state index contributed by atoms with van der Waals surface area (Å²) < 4.78 is 17.0. The van der Waals surface area contributed by atoms with E-state index >= 15 is 0 Å². The van der Waals surface area contributed by atoms with Gasteiger partial charge < -0.3 is 19.1 Å². The largest absolute Gasteiger partial charge is 0.493 e. The van der Waals surface area contributed by atoms with Gasteiger partial charge in [0.15, 0.2) is 11.5 Å². The molecule has 1 unspecified atom stereocenters. The highest BCUT2D eigenvalue weighted by atomic mass is 16.5. The molecule has 1 amide bonds. The van der Waals surface area contributed by atoms with Crippen LogP contribution in [0, 0.1) is 0 Å². The summed E-state index contributed by atoms with van der Waals surface area (Å²) in [5.74, 6) is 1.19. The van der Waals surface area contributed by atoms with Crippen LogP contribution in [0.4, 0.5) is 0 Å². The van der Waals surface area contributed by atoms with Gasteiger partial charge in [0.2, 0.25) is 5.75 Å². The van der Waals surface area contributed by atoms with Gasteiger partial charge in [-0.2, -0.15) is 0 Å². The van der Waals surface area contributed by atoms with Crippen molar-refractivity contribution in [2.24, 2.45) is 0 Å². The van der Waals surface area contributed by atoms with Crippen LogP contribution in [0.2, 0.25) is 0 Å². The number of amides is 1. The molecule has 0 bridgehead atoms. The van der Waals surface area contributed by atoms with Crippen LogP contribution in [0.25, 0.3) is 0 Å². The van der Waals surface area contributed by atoms with Crippen molar-refractivity contribution in [1.82, 2.24) is 9.88 Å². The van der Waals surface area contributed by atoms with Crippen LogP contribution in [-0.4, -0.2) is 37.1 Å². The second kappa shape index (κ2) is 9.78. The zero-order valence-corrected chi connectivity index (χ0v) is 17.7. The first-order valence-electron chi connectivity index (χ1n) is 9.65. The second-order valence-electron chi connectivity index (χ2n) is 6.86. The Bertz CT molecular complexity index is 952. The molecule has 0 N–H and O–H groups in total. The molecule has 6 heteroatoms. The monoisotopic (exact) mass is 406 g/mol. The van der Waals surface area contributed by atoms with Crippen LogP contribution in [-0.2, 0) is 6.61 Å². The molecule has 3 aromatic rings. The fourth-order valence-electron chi connectivity index (χ4n) is 3.10. The highest BCUT2D eigenvalue weighted by molar-refractivity contribution is 5.95. The molecular formula is C24H26N2O4. The minimum Gasteiger partial charge on any atom is -0.493 e. The molecule has 6 nitrogen and oxygen atoms in total. The summed E-state index contributed by atoms with van der Waals surface area (Å²) >= 11 is 0. The maximum Gasteiger partial charge on any atom is 0.254 e. The number of rotatable bonds is 8. The predicted octanol–water partition coefficient (Wildman–Crippen LogP) is 4.51. The molecule has 2 aromatic carbocycles. The SMILES string of the molecule is COc1cc(C(=O)N(C)C(C)c2cccnc2)cc(OC)c1OCc1ccccc1. The van der Waals surface area contributed by atoms with Crippen molar-refractivity contribution in [2.75, 3.05) is 21.3 Å². The number of methoxy groups -OCH3 is 2. The van der Waals surface area contributed by atoms with Gasteiger partial charge in [0, 0.05) is 25.0 Å². The zero-order valence-electron chi connectivity index (χ0n) is 17.7. The number of ether oxygens (including phenoxy) is 3. The first-order chi connectivity index (χ1) is 14.5. The molecule has 3 rings (SSSR count). The summed E-state index contributed by atoms with van der Waals surface area (Å²) in [7, 11) is 4.85. The van der Waals surface area contributed by atoms with E-state index in [1.54, 1.807) is 50.7 Å². The van der Waals surface area contributed by atoms with E-state index in [-0.39, 0.29) is 11.9 Å². The number of carbonyl (C=O) groups is 1. The van der Waals surface area contributed by atoms with Gasteiger partial charge in [-0.1, -0.05) is 36.4 Å². The summed E-state index contributed by atoms with van der Waals surface area (Å²) in [6.07, 6.45) is 3.47. The van der Waals surface area contributed by atoms with Gasteiger partial charge in [-0.3, -0.25) is 9.78 Å². The van der Waals surface area contributed by atoms with Gasteiger partial charge >= 0.3 is 0 Å². The molecule has 0 saturated carbocycles. The Morgan fingerprint density at radius 1 is 1.03 bits per heavy atom. The molecule has 1 atom stereocenters. The van der Waals surface area contributed by atoms with Crippen molar-refractivity contribution in [1.29, 1.82) is 0 Å². The number of nitrogens with zero attached hydrogens (tertiary/aromatic N) is 2. The summed E-state index contributed by atoms with van der Waals surface area (Å²) in [6.45, 7) is 2.32. The standard InChI is InChI=1S/C24H26N2O4/c1-17(19-11-8-12-25-15-19)26(2)24(27)20-13-21(28-3)23(22(14-20)29-4)30-16-18-9-6-5-7-10-18/h5-15,17H,16H2,1-4H3. The molecule has 30 heavy (non-hydrogen) atoms. The fraction of sp³-hybridized carbons (Fsp3) is 0.250. The smallest absolute Gasteiger partial charge is 0.254 e. The van der Waals surface area contributed by atoms with Gasteiger partial charge in [0.25, 0.3) is 5.91 Å². The highest BCUT2D eigenvalue weighted by Crippen LogP contribution is 2.39. The van der Waals surface area contributed by atoms with E-state index in [0.717, 1.165) is 11.1 Å². The van der Waals surface area contributed by atoms with E-state index in [4.69, 9.17) is 14.2 Å². The van der Waals surface area contributed by atoms with Gasteiger partial charge in [0.05, 0.1) is 20.3 Å². The third-order valence-electron chi connectivity index (χ3n) is 5.00. The first-order valence-corrected chi connectivity index (χ1v) is 9.65. The second-order valence-corrected chi connectivity index (χ2v) is 6.86. The third kappa shape index (κ3) is 4.71. The Morgan fingerprint density at radius 2 is 1.70 bits per heavy atom. The Hall–Kier alpha value is -3.54. The quantitative estimate of drug-likeness (QED) is 0.551. The molecule has 0 saturated heterocycles. The summed E-state index contributed by atoms with van der Waals surface area (Å²) in [6, 6.07) is 16.8. The van der Waals surface area contributed by atoms with Crippen molar-refractivity contribution in [3.8, 4) is 17.2 Å². The number of benzene rings is 2. The molecule has 0 spiro atoms. The van der Waals surface area contributed by atoms with Crippen molar-refractivity contribution < 1.29 is 19.0 Å². The lowest BCUT2D eigenvalue weighted by molar-refractivity contribution is 0.0741. The fourth-order valence-corrected chi connectivity index (χ4v) is 3.10. The van der Waals surface area contributed by atoms with E-state index in [9.17, 15) is 4.79 Å². The molecule has 0 aliphatic rings. The molecule has 1 heterocycles. The molecule has 0 aliphatic heterocycles. The van der Waals surface area contributed by atoms with Crippen molar-refractivity contribution >= 4 is 5.91 Å². The molecule has 0 radical (unpaired) electrons. The topological polar surface area (TPSA) is 60.9 Å². The van der Waals surface area contributed by atoms with Crippen LogP contribution >= 0.6 is 0 Å². The van der Waals surface area contributed by atoms with Crippen molar-refractivity contribution in [3.63, 3.8) is 0 Å². The Morgan fingerprint density at radius 3 is 2.27 bits per heavy atom. The maximum atomic E-state index is 13.1. The van der Waals surface area contributed by atoms with E-state index in [1.807, 2.05) is 49.4 Å². The number of hydrogen-bond acceptors (Lipinski definition) is 5. The van der Waals surface area contributed by atoms with Gasteiger partial charge in [-0.25, -0.2) is 0 Å². The maximum absolute atomic E-state index is 13.1. The average Bonchev–Trinajstić information content (AvgIpc) is 2.81. The van der Waals surface area contributed by atoms with Crippen LogP contribution in [0.1, 0.15) is 34.5 Å². The van der Waals surface area contributed by atoms with E-state index < -0.39 is 0 Å². The van der Waals surface area contributed by atoms with E-state index in [1.165, 1.54) is 0 Å². The first kappa shape index (κ1) is 21.2. The van der Waals surface area contributed by atoms with Gasteiger partial charge in [-0.05, 0) is 36.2 Å². The third-order valence-corrected chi connectivity index (χ3v) is 5.00. The van der Waals surface area contributed by atoms with Crippen LogP contribution in [0.3, 0.4) is 0 Å². The Kier molecular flexibility index (Phi) is 6.91. The summed E-state index contributed by atoms with van der Waals surface area (Å²) in [4.78, 5) is 18.9.